The molecule has 5 rings (SSSR count). The fraction of sp³-hybridized carbons (Fsp3) is 0.444. The third-order valence-corrected chi connectivity index (χ3v) is 6.93. The minimum Gasteiger partial charge on any atom is -0.389 e. The van der Waals surface area contributed by atoms with Crippen molar-refractivity contribution in [3.05, 3.63) is 65.1 Å². The molecule has 10 nitrogen and oxygen atoms in total. The highest BCUT2D eigenvalue weighted by Gasteiger charge is 2.27. The molecule has 0 bridgehead atoms. The van der Waals surface area contributed by atoms with E-state index in [0.717, 1.165) is 18.9 Å². The van der Waals surface area contributed by atoms with Crippen LogP contribution < -0.4 is 4.90 Å². The zero-order valence-corrected chi connectivity index (χ0v) is 22.4. The number of aryl methyl sites for hydroxylation is 1. The Hall–Kier alpha value is -3.93. The molecule has 0 unspecified atom stereocenters. The Morgan fingerprint density at radius 1 is 1.21 bits per heavy atom. The highest BCUT2D eigenvalue weighted by atomic mass is 19.1. The molecule has 0 atom stereocenters. The number of rotatable bonds is 7. The van der Waals surface area contributed by atoms with Crippen molar-refractivity contribution in [1.29, 1.82) is 0 Å². The fourth-order valence-electron chi connectivity index (χ4n) is 5.15. The zero-order chi connectivity index (χ0) is 27.9. The normalized spacial score (nSPS) is 14.8. The van der Waals surface area contributed by atoms with Crippen LogP contribution in [0.3, 0.4) is 0 Å². The SMILES string of the molecule is Cc1nc(N2CCC(n3cc(F)c4c(Cc5ccc(C(=O)N(C)CC(C)(C)O)cc5F)ncnc43)CC2)no1. The molecular formula is C27H31F2N7O3. The number of nitrogens with zero attached hydrogens (tertiary/aromatic N) is 7. The summed E-state index contributed by atoms with van der Waals surface area (Å²) in [4.78, 5) is 29.0. The van der Waals surface area contributed by atoms with E-state index in [9.17, 15) is 9.90 Å². The van der Waals surface area contributed by atoms with Crippen LogP contribution in [0.15, 0.2) is 35.2 Å². The summed E-state index contributed by atoms with van der Waals surface area (Å²) in [5.74, 6) is -0.399. The Balaban J connectivity index is 1.34. The Kier molecular flexibility index (Phi) is 7.06. The average Bonchev–Trinajstić information content (AvgIpc) is 3.47. The molecule has 39 heavy (non-hydrogen) atoms. The lowest BCUT2D eigenvalue weighted by atomic mass is 10.0. The second-order valence-corrected chi connectivity index (χ2v) is 10.7. The predicted octanol–water partition coefficient (Wildman–Crippen LogP) is 3.68. The summed E-state index contributed by atoms with van der Waals surface area (Å²) in [5.41, 5.74) is 0.203. The molecule has 4 aromatic rings. The quantitative estimate of drug-likeness (QED) is 0.379. The van der Waals surface area contributed by atoms with Gasteiger partial charge in [-0.15, -0.1) is 0 Å². The Labute approximate surface area is 224 Å². The lowest BCUT2D eigenvalue weighted by Gasteiger charge is -2.31. The maximum absolute atomic E-state index is 15.3. The monoisotopic (exact) mass is 539 g/mol. The van der Waals surface area contributed by atoms with Crippen molar-refractivity contribution >= 4 is 22.9 Å². The first kappa shape index (κ1) is 26.7. The zero-order valence-electron chi connectivity index (χ0n) is 22.4. The van der Waals surface area contributed by atoms with Crippen LogP contribution in [0.25, 0.3) is 11.0 Å². The van der Waals surface area contributed by atoms with E-state index in [-0.39, 0.29) is 35.5 Å². The highest BCUT2D eigenvalue weighted by Crippen LogP contribution is 2.31. The van der Waals surface area contributed by atoms with Gasteiger partial charge in [0.25, 0.3) is 11.9 Å². The van der Waals surface area contributed by atoms with Crippen LogP contribution >= 0.6 is 0 Å². The molecule has 206 valence electrons. The smallest absolute Gasteiger partial charge is 0.266 e. The fourth-order valence-corrected chi connectivity index (χ4v) is 5.15. The molecule has 1 saturated heterocycles. The molecule has 12 heteroatoms. The average molecular weight is 540 g/mol. The van der Waals surface area contributed by atoms with Crippen LogP contribution in [0.4, 0.5) is 14.7 Å². The number of hydrogen-bond donors (Lipinski definition) is 1. The number of anilines is 1. The van der Waals surface area contributed by atoms with Gasteiger partial charge in [-0.1, -0.05) is 6.07 Å². The Morgan fingerprint density at radius 3 is 2.59 bits per heavy atom. The van der Waals surface area contributed by atoms with Crippen molar-refractivity contribution in [2.45, 2.75) is 51.7 Å². The van der Waals surface area contributed by atoms with Crippen molar-refractivity contribution < 1.29 is 23.2 Å². The first-order valence-corrected chi connectivity index (χ1v) is 12.8. The number of benzene rings is 1. The van der Waals surface area contributed by atoms with Gasteiger partial charge in [0.2, 0.25) is 5.89 Å². The lowest BCUT2D eigenvalue weighted by Crippen LogP contribution is -2.39. The van der Waals surface area contributed by atoms with Gasteiger partial charge < -0.3 is 24.0 Å². The largest absolute Gasteiger partial charge is 0.389 e. The van der Waals surface area contributed by atoms with Crippen LogP contribution in [0.2, 0.25) is 0 Å². The Morgan fingerprint density at radius 2 is 1.95 bits per heavy atom. The van der Waals surface area contributed by atoms with Crippen LogP contribution in [0.1, 0.15) is 60.2 Å². The molecule has 3 aromatic heterocycles. The molecule has 4 heterocycles. The second-order valence-electron chi connectivity index (χ2n) is 10.7. The van der Waals surface area contributed by atoms with Crippen molar-refractivity contribution in [1.82, 2.24) is 29.6 Å². The van der Waals surface area contributed by atoms with E-state index in [1.165, 1.54) is 29.6 Å². The molecule has 1 fully saturated rings. The number of halogens is 2. The van der Waals surface area contributed by atoms with E-state index in [1.807, 2.05) is 9.47 Å². The molecule has 1 aliphatic heterocycles. The van der Waals surface area contributed by atoms with Gasteiger partial charge in [-0.3, -0.25) is 4.79 Å². The van der Waals surface area contributed by atoms with Crippen LogP contribution in [0, 0.1) is 18.6 Å². The van der Waals surface area contributed by atoms with Crippen LogP contribution in [-0.2, 0) is 6.42 Å². The first-order chi connectivity index (χ1) is 18.5. The van der Waals surface area contributed by atoms with Gasteiger partial charge in [0.15, 0.2) is 5.82 Å². The van der Waals surface area contributed by atoms with E-state index in [0.29, 0.717) is 36.3 Å². The molecule has 0 aliphatic carbocycles. The van der Waals surface area contributed by atoms with Gasteiger partial charge in [0.1, 0.15) is 17.8 Å². The molecule has 1 N–H and O–H groups in total. The topological polar surface area (TPSA) is 113 Å². The van der Waals surface area contributed by atoms with E-state index in [1.54, 1.807) is 27.8 Å². The van der Waals surface area contributed by atoms with Crippen LogP contribution in [0.5, 0.6) is 0 Å². The molecule has 0 saturated carbocycles. The Bertz CT molecular complexity index is 1500. The molecule has 1 amide bonds. The summed E-state index contributed by atoms with van der Waals surface area (Å²) in [6.07, 6.45) is 4.32. The van der Waals surface area contributed by atoms with Gasteiger partial charge in [-0.25, -0.2) is 18.7 Å². The molecule has 1 aromatic carbocycles. The van der Waals surface area contributed by atoms with E-state index in [4.69, 9.17) is 4.52 Å². The van der Waals surface area contributed by atoms with Crippen molar-refractivity contribution in [2.24, 2.45) is 0 Å². The van der Waals surface area contributed by atoms with Gasteiger partial charge >= 0.3 is 0 Å². The van der Waals surface area contributed by atoms with Crippen molar-refractivity contribution in [2.75, 3.05) is 31.6 Å². The predicted molar refractivity (Wildman–Crippen MR) is 139 cm³/mol. The number of likely N-dealkylation sites (N-methyl/N-ethyl adjacent to an activating group) is 1. The minimum atomic E-state index is -1.08. The number of aromatic nitrogens is 5. The molecular weight excluding hydrogens is 508 g/mol. The van der Waals surface area contributed by atoms with Crippen molar-refractivity contribution in [3.8, 4) is 0 Å². The number of fused-ring (bicyclic) bond motifs is 1. The third kappa shape index (κ3) is 5.60. The number of amides is 1. The maximum Gasteiger partial charge on any atom is 0.266 e. The number of piperidine rings is 1. The number of carbonyl (C=O) groups is 1. The summed E-state index contributed by atoms with van der Waals surface area (Å²) < 4.78 is 37.3. The van der Waals surface area contributed by atoms with E-state index in [2.05, 4.69) is 20.1 Å². The van der Waals surface area contributed by atoms with E-state index < -0.39 is 23.1 Å². The number of hydrogen-bond acceptors (Lipinski definition) is 8. The summed E-state index contributed by atoms with van der Waals surface area (Å²) in [6.45, 7) is 6.40. The standard InChI is InChI=1S/C27H31F2N7O3/c1-16-32-26(33-39-16)35-9-7-19(8-10-35)36-13-21(29)23-22(30-15-31-24(23)36)12-17-5-6-18(11-20(17)28)25(37)34(4)14-27(2,3)38/h5-6,11,13,15,19,38H,7-10,12,14H2,1-4H3. The maximum atomic E-state index is 15.3. The summed E-state index contributed by atoms with van der Waals surface area (Å²) in [5, 5.41) is 14.2. The van der Waals surface area contributed by atoms with Gasteiger partial charge in [-0.05, 0) is 49.5 Å². The number of carbonyl (C=O) groups excluding carboxylic acids is 1. The summed E-state index contributed by atoms with van der Waals surface area (Å²) >= 11 is 0. The highest BCUT2D eigenvalue weighted by molar-refractivity contribution is 5.94. The lowest BCUT2D eigenvalue weighted by molar-refractivity contribution is 0.0367. The minimum absolute atomic E-state index is 0.0203. The summed E-state index contributed by atoms with van der Waals surface area (Å²) in [7, 11) is 1.55. The molecule has 1 aliphatic rings. The number of aliphatic hydroxyl groups is 1. The summed E-state index contributed by atoms with van der Waals surface area (Å²) in [6, 6.07) is 4.23. The first-order valence-electron chi connectivity index (χ1n) is 12.8. The van der Waals surface area contributed by atoms with Crippen LogP contribution in [-0.4, -0.2) is 72.9 Å². The second kappa shape index (κ2) is 10.3. The van der Waals surface area contributed by atoms with Gasteiger partial charge in [0, 0.05) is 57.8 Å². The van der Waals surface area contributed by atoms with E-state index >= 15 is 8.78 Å². The third-order valence-electron chi connectivity index (χ3n) is 6.93. The molecule has 0 spiro atoms. The van der Waals surface area contributed by atoms with Gasteiger partial charge in [-0.2, -0.15) is 4.98 Å². The van der Waals surface area contributed by atoms with Crippen molar-refractivity contribution in [3.63, 3.8) is 0 Å². The van der Waals surface area contributed by atoms with Gasteiger partial charge in [0.05, 0.1) is 16.7 Å². The molecule has 0 radical (unpaired) electrons.